The van der Waals surface area contributed by atoms with E-state index in [1.807, 2.05) is 74.5 Å². The highest BCUT2D eigenvalue weighted by Crippen LogP contribution is 2.33. The monoisotopic (exact) mass is 508 g/mol. The van der Waals surface area contributed by atoms with Crippen LogP contribution in [0.5, 0.6) is 11.5 Å². The highest BCUT2D eigenvalue weighted by molar-refractivity contribution is 8.18. The van der Waals surface area contributed by atoms with Crippen LogP contribution in [0.3, 0.4) is 0 Å². The predicted molar refractivity (Wildman–Crippen MR) is 149 cm³/mol. The number of nitrogens with one attached hydrogen (secondary N) is 1. The maximum atomic E-state index is 13.0. The average Bonchev–Trinajstić information content (AvgIpc) is 3.24. The van der Waals surface area contributed by atoms with Gasteiger partial charge in [-0.05, 0) is 78.4 Å². The van der Waals surface area contributed by atoms with Crippen molar-refractivity contribution in [2.24, 2.45) is 4.99 Å². The van der Waals surface area contributed by atoms with Gasteiger partial charge < -0.3 is 14.8 Å². The summed E-state index contributed by atoms with van der Waals surface area (Å²) in [5.74, 6) is 0.0429. The molecular weight excluding hydrogens is 484 g/mol. The van der Waals surface area contributed by atoms with Crippen LogP contribution in [0.1, 0.15) is 28.4 Å². The zero-order chi connectivity index (χ0) is 25.8. The third-order valence-electron chi connectivity index (χ3n) is 5.69. The Hall–Kier alpha value is -4.36. The van der Waals surface area contributed by atoms with E-state index >= 15 is 0 Å². The first-order chi connectivity index (χ1) is 18.0. The van der Waals surface area contributed by atoms with E-state index < -0.39 is 5.97 Å². The number of aryl methyl sites for hydroxylation is 1. The van der Waals surface area contributed by atoms with Crippen molar-refractivity contribution < 1.29 is 19.1 Å². The molecule has 0 aromatic heterocycles. The van der Waals surface area contributed by atoms with Gasteiger partial charge in [-0.25, -0.2) is 9.79 Å². The maximum absolute atomic E-state index is 13.0. The second-order valence-corrected chi connectivity index (χ2v) is 9.40. The molecule has 1 aliphatic rings. The first-order valence-electron chi connectivity index (χ1n) is 11.8. The molecule has 5 rings (SSSR count). The molecule has 0 unspecified atom stereocenters. The van der Waals surface area contributed by atoms with Crippen LogP contribution in [0.2, 0.25) is 0 Å². The standard InChI is InChI=1S/C30H24N2O4S/c1-3-35-26-17-20(18-27-28(33)32-30(37-27)31-22-14-11-19(2)12-15-22)13-16-25(26)36-29(34)24-10-6-8-21-7-4-5-9-23(21)24/h4-18H,3H2,1-2H3,(H,31,32,33)/b27-18-. The van der Waals surface area contributed by atoms with E-state index in [4.69, 9.17) is 9.47 Å². The van der Waals surface area contributed by atoms with Crippen LogP contribution in [0.25, 0.3) is 16.8 Å². The predicted octanol–water partition coefficient (Wildman–Crippen LogP) is 6.66. The van der Waals surface area contributed by atoms with E-state index in [2.05, 4.69) is 10.3 Å². The quantitative estimate of drug-likeness (QED) is 0.179. The zero-order valence-corrected chi connectivity index (χ0v) is 21.2. The summed E-state index contributed by atoms with van der Waals surface area (Å²) in [5, 5.41) is 5.10. The molecule has 184 valence electrons. The molecule has 1 heterocycles. The maximum Gasteiger partial charge on any atom is 0.344 e. The minimum atomic E-state index is -0.466. The van der Waals surface area contributed by atoms with Crippen molar-refractivity contribution in [3.05, 3.63) is 107 Å². The lowest BCUT2D eigenvalue weighted by atomic mass is 10.0. The summed E-state index contributed by atoms with van der Waals surface area (Å²) in [6.07, 6.45) is 1.76. The molecule has 1 aliphatic heterocycles. The molecular formula is C30H24N2O4S. The Labute approximate surface area is 219 Å². The number of hydrogen-bond acceptors (Lipinski definition) is 6. The number of rotatable bonds is 6. The van der Waals surface area contributed by atoms with Gasteiger partial charge in [0, 0.05) is 0 Å². The van der Waals surface area contributed by atoms with E-state index in [0.29, 0.717) is 33.7 Å². The number of ether oxygens (including phenoxy) is 2. The van der Waals surface area contributed by atoms with Crippen molar-refractivity contribution in [1.29, 1.82) is 0 Å². The molecule has 4 aromatic carbocycles. The number of hydrogen-bond donors (Lipinski definition) is 1. The van der Waals surface area contributed by atoms with Gasteiger partial charge in [-0.1, -0.05) is 60.2 Å². The van der Waals surface area contributed by atoms with Crippen LogP contribution in [0, 0.1) is 6.92 Å². The summed E-state index contributed by atoms with van der Waals surface area (Å²) < 4.78 is 11.5. The van der Waals surface area contributed by atoms with Crippen LogP contribution in [0.15, 0.2) is 94.8 Å². The van der Waals surface area contributed by atoms with Crippen molar-refractivity contribution in [3.8, 4) is 11.5 Å². The SMILES string of the molecule is CCOc1cc(/C=C2\SC(=Nc3ccc(C)cc3)NC2=O)ccc1OC(=O)c1cccc2ccccc12. The largest absolute Gasteiger partial charge is 0.490 e. The molecule has 7 heteroatoms. The molecule has 1 fully saturated rings. The topological polar surface area (TPSA) is 77.0 Å². The normalized spacial score (nSPS) is 15.2. The number of amidine groups is 1. The van der Waals surface area contributed by atoms with Gasteiger partial charge in [0.2, 0.25) is 0 Å². The van der Waals surface area contributed by atoms with Crippen molar-refractivity contribution >= 4 is 51.3 Å². The Balaban J connectivity index is 1.38. The summed E-state index contributed by atoms with van der Waals surface area (Å²) in [4.78, 5) is 30.6. The Kier molecular flexibility index (Phi) is 7.05. The number of fused-ring (bicyclic) bond motifs is 1. The highest BCUT2D eigenvalue weighted by atomic mass is 32.2. The highest BCUT2D eigenvalue weighted by Gasteiger charge is 2.24. The molecule has 1 saturated heterocycles. The minimum absolute atomic E-state index is 0.222. The second-order valence-electron chi connectivity index (χ2n) is 8.37. The summed E-state index contributed by atoms with van der Waals surface area (Å²) in [6, 6.07) is 26.2. The molecule has 0 spiro atoms. The zero-order valence-electron chi connectivity index (χ0n) is 20.4. The number of carbonyl (C=O) groups excluding carboxylic acids is 2. The van der Waals surface area contributed by atoms with Crippen molar-refractivity contribution in [1.82, 2.24) is 5.32 Å². The molecule has 37 heavy (non-hydrogen) atoms. The number of benzene rings is 4. The second kappa shape index (κ2) is 10.7. The number of nitrogens with zero attached hydrogens (tertiary/aromatic N) is 1. The van der Waals surface area contributed by atoms with Crippen LogP contribution < -0.4 is 14.8 Å². The molecule has 0 saturated carbocycles. The summed E-state index contributed by atoms with van der Waals surface area (Å²) in [5.41, 5.74) is 3.13. The van der Waals surface area contributed by atoms with Gasteiger partial charge in [-0.15, -0.1) is 0 Å². The number of amides is 1. The molecule has 1 amide bonds. The lowest BCUT2D eigenvalue weighted by molar-refractivity contribution is -0.115. The Bertz CT molecular complexity index is 1550. The minimum Gasteiger partial charge on any atom is -0.490 e. The van der Waals surface area contributed by atoms with Gasteiger partial charge in [0.05, 0.1) is 22.8 Å². The summed E-state index contributed by atoms with van der Waals surface area (Å²) >= 11 is 1.27. The van der Waals surface area contributed by atoms with Crippen LogP contribution in [-0.2, 0) is 4.79 Å². The van der Waals surface area contributed by atoms with E-state index in [1.165, 1.54) is 11.8 Å². The fourth-order valence-corrected chi connectivity index (χ4v) is 4.74. The van der Waals surface area contributed by atoms with Crippen LogP contribution >= 0.6 is 11.8 Å². The lowest BCUT2D eigenvalue weighted by Crippen LogP contribution is -2.19. The fourth-order valence-electron chi connectivity index (χ4n) is 3.89. The van der Waals surface area contributed by atoms with E-state index in [9.17, 15) is 9.59 Å². The number of thioether (sulfide) groups is 1. The third-order valence-corrected chi connectivity index (χ3v) is 6.60. The lowest BCUT2D eigenvalue weighted by Gasteiger charge is -2.12. The van der Waals surface area contributed by atoms with Crippen molar-refractivity contribution in [2.45, 2.75) is 13.8 Å². The van der Waals surface area contributed by atoms with Gasteiger partial charge >= 0.3 is 5.97 Å². The molecule has 0 atom stereocenters. The molecule has 1 N–H and O–H groups in total. The smallest absolute Gasteiger partial charge is 0.344 e. The number of carbonyl (C=O) groups is 2. The van der Waals surface area contributed by atoms with Gasteiger partial charge in [0.25, 0.3) is 5.91 Å². The number of aliphatic imine (C=N–C) groups is 1. The van der Waals surface area contributed by atoms with E-state index in [1.54, 1.807) is 30.3 Å². The molecule has 4 aromatic rings. The third kappa shape index (κ3) is 5.57. The van der Waals surface area contributed by atoms with Crippen LogP contribution in [0.4, 0.5) is 5.69 Å². The molecule has 0 bridgehead atoms. The first kappa shape index (κ1) is 24.3. The van der Waals surface area contributed by atoms with Crippen molar-refractivity contribution in [2.75, 3.05) is 6.61 Å². The summed E-state index contributed by atoms with van der Waals surface area (Å²) in [6.45, 7) is 4.26. The van der Waals surface area contributed by atoms with Crippen LogP contribution in [-0.4, -0.2) is 23.7 Å². The Morgan fingerprint density at radius 2 is 1.76 bits per heavy atom. The van der Waals surface area contributed by atoms with Gasteiger partial charge in [-0.2, -0.15) is 0 Å². The molecule has 6 nitrogen and oxygen atoms in total. The van der Waals surface area contributed by atoms with E-state index in [0.717, 1.165) is 27.6 Å². The van der Waals surface area contributed by atoms with Gasteiger partial charge in [0.15, 0.2) is 16.7 Å². The Morgan fingerprint density at radius 1 is 0.973 bits per heavy atom. The average molecular weight is 509 g/mol. The first-order valence-corrected chi connectivity index (χ1v) is 12.6. The van der Waals surface area contributed by atoms with Gasteiger partial charge in [-0.3, -0.25) is 4.79 Å². The summed E-state index contributed by atoms with van der Waals surface area (Å²) in [7, 11) is 0. The Morgan fingerprint density at radius 3 is 2.57 bits per heavy atom. The number of esters is 1. The van der Waals surface area contributed by atoms with E-state index in [-0.39, 0.29) is 5.91 Å². The molecule has 0 radical (unpaired) electrons. The fraction of sp³-hybridized carbons (Fsp3) is 0.100. The van der Waals surface area contributed by atoms with Crippen molar-refractivity contribution in [3.63, 3.8) is 0 Å². The molecule has 0 aliphatic carbocycles. The van der Waals surface area contributed by atoms with Gasteiger partial charge in [0.1, 0.15) is 0 Å².